The van der Waals surface area contributed by atoms with Crippen LogP contribution >= 0.6 is 23.2 Å². The normalized spacial score (nSPS) is 11.9. The van der Waals surface area contributed by atoms with Crippen molar-refractivity contribution in [1.29, 1.82) is 0 Å². The van der Waals surface area contributed by atoms with E-state index in [0.717, 1.165) is 18.2 Å². The lowest BCUT2D eigenvalue weighted by Gasteiger charge is -2.11. The molecule has 3 aromatic rings. The fourth-order valence-electron chi connectivity index (χ4n) is 2.39. The van der Waals surface area contributed by atoms with Crippen LogP contribution in [-0.4, -0.2) is 16.8 Å². The van der Waals surface area contributed by atoms with Gasteiger partial charge in [0.2, 0.25) is 0 Å². The Balaban J connectivity index is 1.80. The van der Waals surface area contributed by atoms with E-state index in [9.17, 15) is 25.6 Å². The van der Waals surface area contributed by atoms with E-state index in [4.69, 9.17) is 23.2 Å². The topological polar surface area (TPSA) is 92.3 Å². The van der Waals surface area contributed by atoms with Gasteiger partial charge in [-0.25, -0.2) is 25.6 Å². The Labute approximate surface area is 181 Å². The minimum Gasteiger partial charge on any atom is -0.280 e. The van der Waals surface area contributed by atoms with Crippen LogP contribution in [0.15, 0.2) is 70.5 Å². The first-order valence-corrected chi connectivity index (χ1v) is 11.8. The molecule has 0 radical (unpaired) electrons. The smallest absolute Gasteiger partial charge is 0.261 e. The van der Waals surface area contributed by atoms with Gasteiger partial charge >= 0.3 is 0 Å². The Hall–Kier alpha value is -2.40. The number of sulfonamides is 2. The Bertz CT molecular complexity index is 1300. The average molecular weight is 493 g/mol. The number of halogens is 4. The van der Waals surface area contributed by atoms with Gasteiger partial charge in [0, 0.05) is 15.7 Å². The van der Waals surface area contributed by atoms with Crippen molar-refractivity contribution in [1.82, 2.24) is 0 Å². The van der Waals surface area contributed by atoms with Gasteiger partial charge in [0.25, 0.3) is 20.0 Å². The van der Waals surface area contributed by atoms with Gasteiger partial charge in [-0.15, -0.1) is 0 Å². The van der Waals surface area contributed by atoms with E-state index in [1.807, 2.05) is 0 Å². The number of rotatable bonds is 6. The van der Waals surface area contributed by atoms with Gasteiger partial charge < -0.3 is 0 Å². The molecule has 158 valence electrons. The molecule has 0 bridgehead atoms. The zero-order chi connectivity index (χ0) is 22.1. The minimum atomic E-state index is -4.21. The van der Waals surface area contributed by atoms with Crippen LogP contribution in [-0.2, 0) is 20.0 Å². The highest BCUT2D eigenvalue weighted by molar-refractivity contribution is 7.93. The second kappa shape index (κ2) is 8.38. The molecule has 0 aliphatic carbocycles. The Morgan fingerprint density at radius 1 is 0.600 bits per heavy atom. The molecule has 3 aromatic carbocycles. The molecular formula is C18H12Cl2F2N2O4S2. The van der Waals surface area contributed by atoms with E-state index in [-0.39, 0.29) is 26.3 Å². The van der Waals surface area contributed by atoms with Gasteiger partial charge in [0.1, 0.15) is 0 Å². The van der Waals surface area contributed by atoms with E-state index < -0.39 is 36.6 Å². The maximum Gasteiger partial charge on any atom is 0.261 e. The first-order chi connectivity index (χ1) is 14.0. The molecule has 6 nitrogen and oxygen atoms in total. The summed E-state index contributed by atoms with van der Waals surface area (Å²) in [6.07, 6.45) is 0. The largest absolute Gasteiger partial charge is 0.280 e. The van der Waals surface area contributed by atoms with Crippen molar-refractivity contribution in [3.8, 4) is 0 Å². The SMILES string of the molecule is O=S(=O)(Nc1cc(Cl)cc(Cl)c1)c1ccc(NS(=O)(=O)c2ccc(F)c(F)c2)cc1. The molecule has 0 saturated heterocycles. The quantitative estimate of drug-likeness (QED) is 0.513. The lowest BCUT2D eigenvalue weighted by Crippen LogP contribution is -2.15. The summed E-state index contributed by atoms with van der Waals surface area (Å²) in [5, 5.41) is 0.476. The van der Waals surface area contributed by atoms with E-state index in [1.54, 1.807) is 0 Å². The third-order valence-electron chi connectivity index (χ3n) is 3.73. The zero-order valence-corrected chi connectivity index (χ0v) is 17.9. The number of hydrogen-bond acceptors (Lipinski definition) is 4. The third kappa shape index (κ3) is 5.20. The summed E-state index contributed by atoms with van der Waals surface area (Å²) in [7, 11) is -8.22. The van der Waals surface area contributed by atoms with Crippen molar-refractivity contribution in [2.24, 2.45) is 0 Å². The average Bonchev–Trinajstić information content (AvgIpc) is 2.62. The Kier molecular flexibility index (Phi) is 6.23. The Morgan fingerprint density at radius 3 is 1.67 bits per heavy atom. The van der Waals surface area contributed by atoms with E-state index >= 15 is 0 Å². The summed E-state index contributed by atoms with van der Waals surface area (Å²) < 4.78 is 80.4. The highest BCUT2D eigenvalue weighted by atomic mass is 35.5. The molecule has 0 aromatic heterocycles. The van der Waals surface area contributed by atoms with Crippen LogP contribution in [0.1, 0.15) is 0 Å². The highest BCUT2D eigenvalue weighted by Crippen LogP contribution is 2.25. The molecule has 0 aliphatic rings. The number of nitrogens with one attached hydrogen (secondary N) is 2. The number of anilines is 2. The van der Waals surface area contributed by atoms with E-state index in [2.05, 4.69) is 9.44 Å². The first-order valence-electron chi connectivity index (χ1n) is 8.03. The molecule has 30 heavy (non-hydrogen) atoms. The van der Waals surface area contributed by atoms with Gasteiger partial charge in [-0.1, -0.05) is 23.2 Å². The van der Waals surface area contributed by atoms with Crippen LogP contribution in [0.4, 0.5) is 20.2 Å². The lowest BCUT2D eigenvalue weighted by molar-refractivity contribution is 0.504. The lowest BCUT2D eigenvalue weighted by atomic mass is 10.3. The van der Waals surface area contributed by atoms with Gasteiger partial charge in [0.05, 0.1) is 15.5 Å². The highest BCUT2D eigenvalue weighted by Gasteiger charge is 2.18. The second-order valence-corrected chi connectivity index (χ2v) is 10.2. The molecule has 0 aliphatic heterocycles. The molecule has 3 rings (SSSR count). The number of benzene rings is 3. The van der Waals surface area contributed by atoms with E-state index in [1.165, 1.54) is 30.3 Å². The van der Waals surface area contributed by atoms with Crippen LogP contribution in [0.3, 0.4) is 0 Å². The Morgan fingerprint density at radius 2 is 1.10 bits per heavy atom. The fourth-order valence-corrected chi connectivity index (χ4v) is 5.02. The monoisotopic (exact) mass is 492 g/mol. The van der Waals surface area contributed by atoms with Crippen molar-refractivity contribution in [2.75, 3.05) is 9.44 Å². The van der Waals surface area contributed by atoms with Crippen molar-refractivity contribution < 1.29 is 25.6 Å². The summed E-state index contributed by atoms with van der Waals surface area (Å²) in [4.78, 5) is -0.646. The van der Waals surface area contributed by atoms with Gasteiger partial charge in [-0.05, 0) is 60.7 Å². The maximum absolute atomic E-state index is 13.3. The first kappa shape index (κ1) is 22.3. The van der Waals surface area contributed by atoms with Crippen LogP contribution < -0.4 is 9.44 Å². The minimum absolute atomic E-state index is 0.0180. The maximum atomic E-state index is 13.3. The van der Waals surface area contributed by atoms with Gasteiger partial charge in [-0.2, -0.15) is 0 Å². The van der Waals surface area contributed by atoms with Crippen molar-refractivity contribution in [3.63, 3.8) is 0 Å². The van der Waals surface area contributed by atoms with Crippen LogP contribution in [0.5, 0.6) is 0 Å². The van der Waals surface area contributed by atoms with Crippen LogP contribution in [0.25, 0.3) is 0 Å². The third-order valence-corrected chi connectivity index (χ3v) is 6.95. The fraction of sp³-hybridized carbons (Fsp3) is 0. The molecule has 0 heterocycles. The predicted octanol–water partition coefficient (Wildman–Crippen LogP) is 4.87. The standard InChI is InChI=1S/C18H12Cl2F2N2O4S2/c19-11-7-12(20)9-14(8-11)24-29(25,26)15-3-1-13(2-4-15)23-30(27,28)16-5-6-17(21)18(22)10-16/h1-10,23-24H. The van der Waals surface area contributed by atoms with E-state index in [0.29, 0.717) is 12.1 Å². The summed E-state index contributed by atoms with van der Waals surface area (Å²) in [5.74, 6) is -2.50. The molecule has 0 atom stereocenters. The molecule has 0 saturated carbocycles. The molecule has 0 spiro atoms. The van der Waals surface area contributed by atoms with Gasteiger partial charge in [0.15, 0.2) is 11.6 Å². The molecular weight excluding hydrogens is 481 g/mol. The van der Waals surface area contributed by atoms with Crippen LogP contribution in [0, 0.1) is 11.6 Å². The number of hydrogen-bond donors (Lipinski definition) is 2. The van der Waals surface area contributed by atoms with Gasteiger partial charge in [-0.3, -0.25) is 9.44 Å². The molecule has 0 unspecified atom stereocenters. The predicted molar refractivity (Wildman–Crippen MR) is 111 cm³/mol. The molecule has 12 heteroatoms. The summed E-state index contributed by atoms with van der Waals surface area (Å²) in [6, 6.07) is 11.0. The molecule has 0 amide bonds. The van der Waals surface area contributed by atoms with Crippen molar-refractivity contribution in [3.05, 3.63) is 82.3 Å². The molecule has 0 fully saturated rings. The zero-order valence-electron chi connectivity index (χ0n) is 14.7. The van der Waals surface area contributed by atoms with Crippen LogP contribution in [0.2, 0.25) is 10.0 Å². The summed E-state index contributed by atoms with van der Waals surface area (Å²) in [5.41, 5.74) is 0.167. The summed E-state index contributed by atoms with van der Waals surface area (Å²) in [6.45, 7) is 0. The molecule has 2 N–H and O–H groups in total. The second-order valence-electron chi connectivity index (χ2n) is 5.97. The summed E-state index contributed by atoms with van der Waals surface area (Å²) >= 11 is 11.7. The van der Waals surface area contributed by atoms with Crippen molar-refractivity contribution >= 4 is 54.6 Å². The van der Waals surface area contributed by atoms with Crippen molar-refractivity contribution in [2.45, 2.75) is 9.79 Å².